The first-order chi connectivity index (χ1) is 15.9. The molecule has 0 atom stereocenters. The molecule has 6 aromatic rings. The van der Waals surface area contributed by atoms with E-state index in [0.29, 0.717) is 0 Å². The Kier molecular flexibility index (Phi) is 3.88. The monoisotopic (exact) mass is 424 g/mol. The van der Waals surface area contributed by atoms with Gasteiger partial charge in [-0.25, -0.2) is 0 Å². The minimum Gasteiger partial charge on any atom is -0.134 e. The summed E-state index contributed by atoms with van der Waals surface area (Å²) in [4.78, 5) is 0. The largest absolute Gasteiger partial charge is 0.134 e. The Morgan fingerprint density at radius 2 is 1.06 bits per heavy atom. The van der Waals surface area contributed by atoms with E-state index in [1.807, 2.05) is 11.3 Å². The smallest absolute Gasteiger partial charge is 0.0434 e. The Bertz CT molecular complexity index is 1640. The van der Waals surface area contributed by atoms with Crippen molar-refractivity contribution < 1.29 is 0 Å². The second-order valence-electron chi connectivity index (χ2n) is 8.54. The van der Waals surface area contributed by atoms with E-state index >= 15 is 0 Å². The van der Waals surface area contributed by atoms with Gasteiger partial charge >= 0.3 is 0 Å². The van der Waals surface area contributed by atoms with Gasteiger partial charge in [0.2, 0.25) is 0 Å². The first-order valence-electron chi connectivity index (χ1n) is 11.1. The van der Waals surface area contributed by atoms with Crippen LogP contribution >= 0.6 is 11.3 Å². The summed E-state index contributed by atoms with van der Waals surface area (Å²) in [7, 11) is 0. The lowest BCUT2D eigenvalue weighted by atomic mass is 9.97. The van der Waals surface area contributed by atoms with Crippen LogP contribution in [0.2, 0.25) is 0 Å². The first-order valence-corrected chi connectivity index (χ1v) is 11.9. The van der Waals surface area contributed by atoms with Crippen LogP contribution in [-0.4, -0.2) is 0 Å². The molecule has 150 valence electrons. The van der Waals surface area contributed by atoms with Crippen LogP contribution in [0.4, 0.5) is 0 Å². The number of hydrogen-bond acceptors (Lipinski definition) is 1. The summed E-state index contributed by atoms with van der Waals surface area (Å²) in [6.07, 6.45) is 1.03. The van der Waals surface area contributed by atoms with Crippen LogP contribution in [0.15, 0.2) is 109 Å². The zero-order valence-corrected chi connectivity index (χ0v) is 18.3. The molecule has 0 spiro atoms. The molecule has 0 unspecified atom stereocenters. The van der Waals surface area contributed by atoms with E-state index in [4.69, 9.17) is 0 Å². The molecule has 1 aliphatic carbocycles. The van der Waals surface area contributed by atoms with Crippen molar-refractivity contribution in [3.8, 4) is 33.4 Å². The van der Waals surface area contributed by atoms with Crippen LogP contribution in [0.1, 0.15) is 11.1 Å². The standard InChI is InChI=1S/C31H20S/c1-2-8-20(9-3-1)26-12-6-14-28-29-15-7-13-27(31(29)32-30(26)28)22-16-17-25-23(19-22)18-21-10-4-5-11-24(21)25/h1-17,19H,18H2. The molecule has 0 radical (unpaired) electrons. The molecule has 1 aliphatic rings. The van der Waals surface area contributed by atoms with Crippen LogP contribution in [0.3, 0.4) is 0 Å². The molecule has 0 saturated carbocycles. The fourth-order valence-electron chi connectivity index (χ4n) is 5.21. The number of hydrogen-bond donors (Lipinski definition) is 0. The van der Waals surface area contributed by atoms with Crippen LogP contribution in [0.5, 0.6) is 0 Å². The fourth-order valence-corrected chi connectivity index (χ4v) is 6.58. The SMILES string of the molecule is c1ccc(-c2cccc3c2sc2c(-c4ccc5c(c4)Cc4ccccc4-5)cccc23)cc1. The lowest BCUT2D eigenvalue weighted by Gasteiger charge is -2.07. The van der Waals surface area contributed by atoms with E-state index in [9.17, 15) is 0 Å². The summed E-state index contributed by atoms with van der Waals surface area (Å²) in [5.41, 5.74) is 10.9. The van der Waals surface area contributed by atoms with Crippen molar-refractivity contribution in [1.29, 1.82) is 0 Å². The minimum atomic E-state index is 1.03. The van der Waals surface area contributed by atoms with Crippen molar-refractivity contribution in [1.82, 2.24) is 0 Å². The van der Waals surface area contributed by atoms with Crippen molar-refractivity contribution in [2.75, 3.05) is 0 Å². The Hall–Kier alpha value is -3.68. The van der Waals surface area contributed by atoms with Crippen LogP contribution in [0.25, 0.3) is 53.6 Å². The number of thiophene rings is 1. The van der Waals surface area contributed by atoms with Crippen LogP contribution in [0, 0.1) is 0 Å². The molecule has 1 heterocycles. The highest BCUT2D eigenvalue weighted by Gasteiger charge is 2.19. The number of benzene rings is 5. The van der Waals surface area contributed by atoms with Gasteiger partial charge in [0.15, 0.2) is 0 Å². The molecular formula is C31H20S. The molecule has 7 rings (SSSR count). The molecule has 1 heteroatoms. The molecule has 0 bridgehead atoms. The molecule has 0 nitrogen and oxygen atoms in total. The third-order valence-corrected chi connectivity index (χ3v) is 8.00. The topological polar surface area (TPSA) is 0 Å². The Morgan fingerprint density at radius 1 is 0.438 bits per heavy atom. The summed E-state index contributed by atoms with van der Waals surface area (Å²) in [5.74, 6) is 0. The molecule has 0 saturated heterocycles. The first kappa shape index (κ1) is 17.9. The van der Waals surface area contributed by atoms with Gasteiger partial charge in [-0.1, -0.05) is 109 Å². The van der Waals surface area contributed by atoms with Crippen molar-refractivity contribution in [2.24, 2.45) is 0 Å². The molecule has 5 aromatic carbocycles. The van der Waals surface area contributed by atoms with Crippen molar-refractivity contribution in [2.45, 2.75) is 6.42 Å². The maximum atomic E-state index is 2.41. The van der Waals surface area contributed by atoms with Gasteiger partial charge in [-0.05, 0) is 50.9 Å². The number of rotatable bonds is 2. The Labute approximate surface area is 191 Å². The van der Waals surface area contributed by atoms with E-state index in [1.54, 1.807) is 0 Å². The van der Waals surface area contributed by atoms with E-state index in [-0.39, 0.29) is 0 Å². The second kappa shape index (κ2) is 6.91. The average Bonchev–Trinajstić information content (AvgIpc) is 3.42. The van der Waals surface area contributed by atoms with E-state index in [0.717, 1.165) is 6.42 Å². The normalized spacial score (nSPS) is 12.2. The quantitative estimate of drug-likeness (QED) is 0.260. The van der Waals surface area contributed by atoms with Gasteiger partial charge in [0, 0.05) is 20.2 Å². The zero-order valence-electron chi connectivity index (χ0n) is 17.5. The Balaban J connectivity index is 1.43. The fraction of sp³-hybridized carbons (Fsp3) is 0.0323. The Morgan fingerprint density at radius 3 is 1.84 bits per heavy atom. The van der Waals surface area contributed by atoms with E-state index in [1.165, 1.54) is 64.7 Å². The van der Waals surface area contributed by atoms with Gasteiger partial charge < -0.3 is 0 Å². The maximum Gasteiger partial charge on any atom is 0.0434 e. The molecule has 0 N–H and O–H groups in total. The second-order valence-corrected chi connectivity index (χ2v) is 9.56. The predicted octanol–water partition coefficient (Wildman–Crippen LogP) is 8.96. The van der Waals surface area contributed by atoms with Crippen LogP contribution in [-0.2, 0) is 6.42 Å². The summed E-state index contributed by atoms with van der Waals surface area (Å²) in [6, 6.07) is 40.0. The van der Waals surface area contributed by atoms with Crippen LogP contribution < -0.4 is 0 Å². The summed E-state index contributed by atoms with van der Waals surface area (Å²) in [5, 5.41) is 2.70. The minimum absolute atomic E-state index is 1.03. The molecular weight excluding hydrogens is 404 g/mol. The molecule has 32 heavy (non-hydrogen) atoms. The number of fused-ring (bicyclic) bond motifs is 6. The van der Waals surface area contributed by atoms with Gasteiger partial charge in [0.25, 0.3) is 0 Å². The molecule has 0 fully saturated rings. The maximum absolute atomic E-state index is 2.41. The van der Waals surface area contributed by atoms with E-state index < -0.39 is 0 Å². The van der Waals surface area contributed by atoms with Crippen molar-refractivity contribution in [3.63, 3.8) is 0 Å². The van der Waals surface area contributed by atoms with Gasteiger partial charge in [-0.3, -0.25) is 0 Å². The highest BCUT2D eigenvalue weighted by atomic mass is 32.1. The van der Waals surface area contributed by atoms with Crippen molar-refractivity contribution in [3.05, 3.63) is 120 Å². The molecule has 1 aromatic heterocycles. The predicted molar refractivity (Wildman–Crippen MR) is 138 cm³/mol. The third kappa shape index (κ3) is 2.62. The highest BCUT2D eigenvalue weighted by molar-refractivity contribution is 7.26. The van der Waals surface area contributed by atoms with Crippen molar-refractivity contribution >= 4 is 31.5 Å². The van der Waals surface area contributed by atoms with Gasteiger partial charge in [0.05, 0.1) is 0 Å². The van der Waals surface area contributed by atoms with Gasteiger partial charge in [-0.15, -0.1) is 11.3 Å². The lowest BCUT2D eigenvalue weighted by Crippen LogP contribution is -1.84. The average molecular weight is 425 g/mol. The van der Waals surface area contributed by atoms with E-state index in [2.05, 4.69) is 109 Å². The summed E-state index contributed by atoms with van der Waals surface area (Å²) in [6.45, 7) is 0. The molecule has 0 amide bonds. The van der Waals surface area contributed by atoms with Gasteiger partial charge in [-0.2, -0.15) is 0 Å². The highest BCUT2D eigenvalue weighted by Crippen LogP contribution is 2.45. The molecule has 0 aliphatic heterocycles. The lowest BCUT2D eigenvalue weighted by molar-refractivity contribution is 1.26. The zero-order chi connectivity index (χ0) is 21.1. The summed E-state index contributed by atoms with van der Waals surface area (Å²) < 4.78 is 2.75. The van der Waals surface area contributed by atoms with Gasteiger partial charge in [0.1, 0.15) is 0 Å². The third-order valence-electron chi connectivity index (χ3n) is 6.71. The summed E-state index contributed by atoms with van der Waals surface area (Å²) >= 11 is 1.93.